The van der Waals surface area contributed by atoms with Crippen molar-refractivity contribution < 1.29 is 8.42 Å². The molecule has 7 heteroatoms. The van der Waals surface area contributed by atoms with Crippen LogP contribution in [0.15, 0.2) is 17.0 Å². The normalized spacial score (nSPS) is 11.8. The number of halogens is 2. The van der Waals surface area contributed by atoms with E-state index in [0.29, 0.717) is 17.1 Å². The Balaban J connectivity index is 2.84. The number of benzene rings is 1. The van der Waals surface area contributed by atoms with E-state index in [9.17, 15) is 8.42 Å². The lowest BCUT2D eigenvalue weighted by molar-refractivity contribution is 0.573. The quantitative estimate of drug-likeness (QED) is 0.714. The summed E-state index contributed by atoms with van der Waals surface area (Å²) in [7, 11) is -3.66. The van der Waals surface area contributed by atoms with Gasteiger partial charge in [-0.3, -0.25) is 0 Å². The molecule has 0 radical (unpaired) electrons. The van der Waals surface area contributed by atoms with Gasteiger partial charge in [-0.05, 0) is 24.1 Å². The summed E-state index contributed by atoms with van der Waals surface area (Å²) >= 11 is 12.0. The van der Waals surface area contributed by atoms with E-state index in [2.05, 4.69) is 11.6 Å². The highest BCUT2D eigenvalue weighted by Gasteiger charge is 2.20. The first-order valence-electron chi connectivity index (χ1n) is 6.60. The lowest BCUT2D eigenvalue weighted by Gasteiger charge is -2.11. The molecule has 20 heavy (non-hydrogen) atoms. The van der Waals surface area contributed by atoms with E-state index in [1.807, 2.05) is 0 Å². The summed E-state index contributed by atoms with van der Waals surface area (Å²) in [4.78, 5) is -0.0115. The standard InChI is InChI=1S/C13H20Cl2N2O2S/c1-2-3-4-5-6-17-20(18,19)12-8-11(14)7-10(9-16)13(12)15/h7-8,17H,2-6,9,16H2,1H3. The highest BCUT2D eigenvalue weighted by Crippen LogP contribution is 2.29. The second kappa shape index (κ2) is 8.20. The summed E-state index contributed by atoms with van der Waals surface area (Å²) in [5.41, 5.74) is 6.05. The van der Waals surface area contributed by atoms with Crippen LogP contribution in [0.4, 0.5) is 0 Å². The molecular weight excluding hydrogens is 319 g/mol. The zero-order chi connectivity index (χ0) is 15.2. The van der Waals surface area contributed by atoms with Crippen LogP contribution < -0.4 is 10.5 Å². The van der Waals surface area contributed by atoms with Crippen molar-refractivity contribution in [3.63, 3.8) is 0 Å². The average molecular weight is 339 g/mol. The highest BCUT2D eigenvalue weighted by molar-refractivity contribution is 7.89. The zero-order valence-corrected chi connectivity index (χ0v) is 13.8. The largest absolute Gasteiger partial charge is 0.326 e. The van der Waals surface area contributed by atoms with Crippen LogP contribution in [0.2, 0.25) is 10.0 Å². The van der Waals surface area contributed by atoms with Gasteiger partial charge in [-0.2, -0.15) is 0 Å². The summed E-state index contributed by atoms with van der Waals surface area (Å²) in [6, 6.07) is 2.92. The number of rotatable bonds is 8. The van der Waals surface area contributed by atoms with Crippen molar-refractivity contribution in [2.24, 2.45) is 5.73 Å². The number of nitrogens with one attached hydrogen (secondary N) is 1. The van der Waals surface area contributed by atoms with E-state index < -0.39 is 10.0 Å². The Kier molecular flexibility index (Phi) is 7.26. The first-order chi connectivity index (χ1) is 9.42. The minimum Gasteiger partial charge on any atom is -0.326 e. The third-order valence-electron chi connectivity index (χ3n) is 2.91. The maximum absolute atomic E-state index is 12.2. The monoisotopic (exact) mass is 338 g/mol. The first-order valence-corrected chi connectivity index (χ1v) is 8.84. The van der Waals surface area contributed by atoms with Crippen molar-refractivity contribution in [3.8, 4) is 0 Å². The maximum atomic E-state index is 12.2. The van der Waals surface area contributed by atoms with Crippen molar-refractivity contribution in [1.29, 1.82) is 0 Å². The molecule has 1 aromatic carbocycles. The lowest BCUT2D eigenvalue weighted by atomic mass is 10.2. The van der Waals surface area contributed by atoms with Crippen LogP contribution in [-0.2, 0) is 16.6 Å². The molecule has 0 spiro atoms. The minimum atomic E-state index is -3.66. The fraction of sp³-hybridized carbons (Fsp3) is 0.538. The first kappa shape index (κ1) is 17.7. The van der Waals surface area contributed by atoms with E-state index in [0.717, 1.165) is 25.7 Å². The van der Waals surface area contributed by atoms with Gasteiger partial charge < -0.3 is 5.73 Å². The van der Waals surface area contributed by atoms with Crippen LogP contribution in [0, 0.1) is 0 Å². The lowest BCUT2D eigenvalue weighted by Crippen LogP contribution is -2.25. The summed E-state index contributed by atoms with van der Waals surface area (Å²) in [5.74, 6) is 0. The molecule has 0 aliphatic heterocycles. The predicted molar refractivity (Wildman–Crippen MR) is 83.7 cm³/mol. The van der Waals surface area contributed by atoms with E-state index in [1.165, 1.54) is 6.07 Å². The summed E-state index contributed by atoms with van der Waals surface area (Å²) in [6.07, 6.45) is 4.00. The van der Waals surface area contributed by atoms with Gasteiger partial charge in [-0.1, -0.05) is 49.4 Å². The van der Waals surface area contributed by atoms with Crippen molar-refractivity contribution in [2.45, 2.75) is 44.0 Å². The van der Waals surface area contributed by atoms with Crippen LogP contribution in [0.3, 0.4) is 0 Å². The smallest absolute Gasteiger partial charge is 0.242 e. The highest BCUT2D eigenvalue weighted by atomic mass is 35.5. The van der Waals surface area contributed by atoms with Gasteiger partial charge in [-0.25, -0.2) is 13.1 Å². The molecule has 4 nitrogen and oxygen atoms in total. The van der Waals surface area contributed by atoms with Crippen LogP contribution >= 0.6 is 23.2 Å². The molecule has 0 heterocycles. The van der Waals surface area contributed by atoms with E-state index >= 15 is 0 Å². The SMILES string of the molecule is CCCCCCNS(=O)(=O)c1cc(Cl)cc(CN)c1Cl. The molecule has 0 atom stereocenters. The topological polar surface area (TPSA) is 72.2 Å². The number of sulfonamides is 1. The van der Waals surface area contributed by atoms with Crippen LogP contribution in [0.25, 0.3) is 0 Å². The van der Waals surface area contributed by atoms with Gasteiger partial charge in [0, 0.05) is 18.1 Å². The summed E-state index contributed by atoms with van der Waals surface area (Å²) < 4.78 is 27.0. The summed E-state index contributed by atoms with van der Waals surface area (Å²) in [6.45, 7) is 2.63. The second-order valence-electron chi connectivity index (χ2n) is 4.54. The number of unbranched alkanes of at least 4 members (excludes halogenated alkanes) is 3. The van der Waals surface area contributed by atoms with Crippen molar-refractivity contribution in [2.75, 3.05) is 6.54 Å². The fourth-order valence-electron chi connectivity index (χ4n) is 1.80. The van der Waals surface area contributed by atoms with E-state index in [4.69, 9.17) is 28.9 Å². The molecule has 0 saturated heterocycles. The molecule has 3 N–H and O–H groups in total. The molecule has 114 valence electrons. The molecule has 1 aromatic rings. The Morgan fingerprint density at radius 3 is 2.50 bits per heavy atom. The average Bonchev–Trinajstić information content (AvgIpc) is 2.40. The molecule has 0 unspecified atom stereocenters. The number of hydrogen-bond donors (Lipinski definition) is 2. The van der Waals surface area contributed by atoms with Gasteiger partial charge >= 0.3 is 0 Å². The van der Waals surface area contributed by atoms with Crippen LogP contribution in [0.5, 0.6) is 0 Å². The summed E-state index contributed by atoms with van der Waals surface area (Å²) in [5, 5.41) is 0.444. The van der Waals surface area contributed by atoms with Gasteiger partial charge in [0.05, 0.1) is 5.02 Å². The molecule has 0 aliphatic carbocycles. The minimum absolute atomic E-state index is 0.0115. The Hall–Kier alpha value is -0.330. The van der Waals surface area contributed by atoms with Gasteiger partial charge in [0.25, 0.3) is 0 Å². The molecule has 1 rings (SSSR count). The zero-order valence-electron chi connectivity index (χ0n) is 11.5. The molecule has 0 aliphatic rings. The Morgan fingerprint density at radius 1 is 1.20 bits per heavy atom. The maximum Gasteiger partial charge on any atom is 0.242 e. The molecule has 0 bridgehead atoms. The van der Waals surface area contributed by atoms with Gasteiger partial charge in [0.1, 0.15) is 4.90 Å². The second-order valence-corrected chi connectivity index (χ2v) is 7.09. The molecule has 0 saturated carbocycles. The molecule has 0 amide bonds. The molecular formula is C13H20Cl2N2O2S. The number of hydrogen-bond acceptors (Lipinski definition) is 3. The predicted octanol–water partition coefficient (Wildman–Crippen LogP) is 3.31. The third kappa shape index (κ3) is 4.90. The Bertz CT molecular complexity index is 548. The van der Waals surface area contributed by atoms with Gasteiger partial charge in [0.15, 0.2) is 0 Å². The van der Waals surface area contributed by atoms with Crippen molar-refractivity contribution >= 4 is 33.2 Å². The van der Waals surface area contributed by atoms with Gasteiger partial charge in [-0.15, -0.1) is 0 Å². The fourth-order valence-corrected chi connectivity index (χ4v) is 3.81. The molecule has 0 aromatic heterocycles. The molecule has 0 fully saturated rings. The Morgan fingerprint density at radius 2 is 1.90 bits per heavy atom. The van der Waals surface area contributed by atoms with E-state index in [1.54, 1.807) is 6.07 Å². The van der Waals surface area contributed by atoms with Crippen molar-refractivity contribution in [3.05, 3.63) is 27.7 Å². The third-order valence-corrected chi connectivity index (χ3v) is 5.17. The van der Waals surface area contributed by atoms with Crippen molar-refractivity contribution in [1.82, 2.24) is 4.72 Å². The number of nitrogens with two attached hydrogens (primary N) is 1. The van der Waals surface area contributed by atoms with Crippen LogP contribution in [-0.4, -0.2) is 15.0 Å². The van der Waals surface area contributed by atoms with E-state index in [-0.39, 0.29) is 16.5 Å². The van der Waals surface area contributed by atoms with Crippen LogP contribution in [0.1, 0.15) is 38.2 Å². The van der Waals surface area contributed by atoms with Gasteiger partial charge in [0.2, 0.25) is 10.0 Å². The Labute approximate surface area is 130 Å².